The number of amides is 3. The molecule has 3 saturated carbocycles. The van der Waals surface area contributed by atoms with Gasteiger partial charge in [-0.2, -0.15) is 15.8 Å². The number of thiocarbonyl (C=S) groups is 3. The van der Waals surface area contributed by atoms with E-state index in [-0.39, 0.29) is 77.2 Å². The lowest BCUT2D eigenvalue weighted by Gasteiger charge is -2.29. The predicted octanol–water partition coefficient (Wildman–Crippen LogP) is 15.8. The summed E-state index contributed by atoms with van der Waals surface area (Å²) in [5.41, 5.74) is 2.20. The normalized spacial score (nSPS) is 17.9. The summed E-state index contributed by atoms with van der Waals surface area (Å²) in [4.78, 5) is 59.0. The second kappa shape index (κ2) is 27.9. The molecule has 0 unspecified atom stereocenters. The van der Waals surface area contributed by atoms with Gasteiger partial charge in [-0.15, -0.1) is 0 Å². The number of aliphatic hydroxyl groups excluding tert-OH is 1. The maximum atomic E-state index is 14.8. The number of halogens is 3. The number of hydrogen-bond acceptors (Lipinski definition) is 13. The van der Waals surface area contributed by atoms with Gasteiger partial charge in [0.1, 0.15) is 29.8 Å². The number of aryl methyl sites for hydroxylation is 3. The van der Waals surface area contributed by atoms with Gasteiger partial charge < -0.3 is 34.4 Å². The van der Waals surface area contributed by atoms with Gasteiger partial charge in [0.15, 0.2) is 67.1 Å². The molecule has 3 aliphatic heterocycles. The number of rotatable bonds is 13. The Morgan fingerprint density at radius 3 is 0.969 bits per heavy atom. The number of hydrogen-bond donors (Lipinski definition) is 2. The summed E-state index contributed by atoms with van der Waals surface area (Å²) in [6.07, 6.45) is 4.81. The summed E-state index contributed by atoms with van der Waals surface area (Å²) in [5, 5.41) is 45.1. The highest BCUT2D eigenvalue weighted by Gasteiger charge is 2.54. The molecule has 0 spiro atoms. The lowest BCUT2D eigenvalue weighted by atomic mass is 10.0. The molecule has 19 nitrogen and oxygen atoms in total. The molecule has 6 fully saturated rings. The summed E-state index contributed by atoms with van der Waals surface area (Å²) >= 11 is 16.8. The number of anilines is 6. The number of aliphatic hydroxyl groups is 1. The number of ether oxygens (including phenoxy) is 2. The van der Waals surface area contributed by atoms with Crippen LogP contribution in [-0.2, 0) is 14.4 Å². The average Bonchev–Trinajstić information content (AvgIpc) is 1.60. The largest absolute Gasteiger partial charge is 0.505 e. The van der Waals surface area contributed by atoms with Crippen molar-refractivity contribution in [1.82, 2.24) is 0 Å². The molecule has 0 aromatic heterocycles. The molecule has 6 aromatic carbocycles. The van der Waals surface area contributed by atoms with E-state index in [1.807, 2.05) is 0 Å². The zero-order valence-electron chi connectivity index (χ0n) is 54.4. The van der Waals surface area contributed by atoms with E-state index in [1.54, 1.807) is 144 Å². The molecule has 12 rings (SSSR count). The van der Waals surface area contributed by atoms with Gasteiger partial charge in [-0.05, 0) is 227 Å². The van der Waals surface area contributed by atoms with Crippen LogP contribution in [-0.4, -0.2) is 79.7 Å². The quantitative estimate of drug-likeness (QED) is 0.0812. The molecular weight excluding hydrogens is 1310 g/mol. The molecule has 2 N–H and O–H groups in total. The Bertz CT molecular complexity index is 4370. The van der Waals surface area contributed by atoms with Crippen LogP contribution in [0.1, 0.15) is 104 Å². The first-order valence-electron chi connectivity index (χ1n) is 30.5. The van der Waals surface area contributed by atoms with Crippen LogP contribution in [0, 0.1) is 108 Å². The molecule has 3 heterocycles. The van der Waals surface area contributed by atoms with Crippen LogP contribution in [0.2, 0.25) is 0 Å². The van der Waals surface area contributed by atoms with Gasteiger partial charge in [0.2, 0.25) is 0 Å². The number of carbonyl (C=O) groups is 3. The molecule has 3 amide bonds. The number of nitriles is 3. The fourth-order valence-electron chi connectivity index (χ4n) is 11.0. The van der Waals surface area contributed by atoms with E-state index in [0.717, 1.165) is 61.3 Å². The number of nitrogens with zero attached hydrogens (tertiary/aromatic N) is 12. The Kier molecular flexibility index (Phi) is 20.9. The molecule has 0 bridgehead atoms. The van der Waals surface area contributed by atoms with Crippen LogP contribution in [0.5, 0.6) is 17.2 Å². The van der Waals surface area contributed by atoms with Crippen molar-refractivity contribution in [2.75, 3.05) is 49.2 Å². The minimum absolute atomic E-state index is 0. The highest BCUT2D eigenvalue weighted by atomic mass is 32.1. The summed E-state index contributed by atoms with van der Waals surface area (Å²) in [6.45, 7) is 37.6. The number of benzene rings is 6. The average molecular weight is 1380 g/mol. The molecule has 6 aliphatic rings. The van der Waals surface area contributed by atoms with E-state index in [4.69, 9.17) is 76.2 Å². The van der Waals surface area contributed by atoms with E-state index in [9.17, 15) is 43.2 Å². The van der Waals surface area contributed by atoms with Crippen molar-refractivity contribution in [3.8, 4) is 35.5 Å². The number of aromatic hydroxyl groups is 1. The number of phenols is 1. The van der Waals surface area contributed by atoms with Crippen molar-refractivity contribution in [3.05, 3.63) is 178 Å². The van der Waals surface area contributed by atoms with Crippen LogP contribution in [0.4, 0.5) is 64.4 Å². The van der Waals surface area contributed by atoms with E-state index in [0.29, 0.717) is 51.2 Å². The summed E-state index contributed by atoms with van der Waals surface area (Å²) in [5.74, 6) is -3.05. The lowest BCUT2D eigenvalue weighted by Crippen LogP contribution is -2.44. The highest BCUT2D eigenvalue weighted by molar-refractivity contribution is 7.81. The predicted molar refractivity (Wildman–Crippen MR) is 380 cm³/mol. The highest BCUT2D eigenvalue weighted by Crippen LogP contribution is 2.48. The van der Waals surface area contributed by atoms with Gasteiger partial charge in [-0.3, -0.25) is 29.1 Å². The van der Waals surface area contributed by atoms with Crippen LogP contribution < -0.4 is 38.9 Å². The molecule has 0 atom stereocenters. The standard InChI is InChI=1S/2C24H21FN4O2S.C19H16FN3O2S.C5H7NO.CH4/c2*1-15-11-16(5-7-19(15)27-4)28-21(30)23(2,3)29(22(28)32)17-6-8-20(18(25)12-17)31-14-24(13-26)9-10-24;1-11-9-12(5-7-15(11)21-4)22-17(25)19(2,3)23(18(22)26)13-6-8-16(24)14(20)10-13;6-3-5(4-7)1-2-5;/h2*5-8,11-12H,9-10,14H2,1-3H3;5-10,24H,1-3H3;7H,1-2,4H2;1H4. The van der Waals surface area contributed by atoms with Gasteiger partial charge in [0, 0.05) is 52.3 Å². The van der Waals surface area contributed by atoms with E-state index < -0.39 is 50.6 Å². The van der Waals surface area contributed by atoms with Crippen LogP contribution >= 0.6 is 36.7 Å². The fraction of sp³-hybridized carbons (Fsp3) is 0.342. The zero-order chi connectivity index (χ0) is 71.1. The van der Waals surface area contributed by atoms with Crippen molar-refractivity contribution in [1.29, 1.82) is 15.8 Å². The SMILES string of the molecule is C.N#CC1(CO)CC1.[C-]#[N+]c1ccc(N2C(=O)C(C)(C)N(c3ccc(O)c(F)c3)C2=S)cc1C.[C-]#[N+]c1ccc(N2C(=O)C(C)(C)N(c3ccc(OCC4(C#N)CC4)c(F)c3)C2=S)cc1C.[C-]#[N+]c1ccc(N2C(=O)C(C)(C)N(c3ccc(OCC4(C#N)CC4)c(F)c3)C2=S)cc1C. The molecule has 3 saturated heterocycles. The molecule has 98 heavy (non-hydrogen) atoms. The topological polar surface area (TPSA) is 214 Å². The maximum Gasteiger partial charge on any atom is 0.259 e. The number of carbonyl (C=O) groups excluding carboxylic acids is 3. The maximum absolute atomic E-state index is 14.8. The minimum Gasteiger partial charge on any atom is -0.505 e. The zero-order valence-corrected chi connectivity index (χ0v) is 56.9. The number of phenolic OH excluding ortho intramolecular Hbond substituents is 1. The summed E-state index contributed by atoms with van der Waals surface area (Å²) in [6, 6.07) is 34.5. The molecule has 502 valence electrons. The second-order valence-electron chi connectivity index (χ2n) is 26.0. The van der Waals surface area contributed by atoms with E-state index in [2.05, 4.69) is 32.7 Å². The van der Waals surface area contributed by atoms with Crippen LogP contribution in [0.3, 0.4) is 0 Å². The first-order valence-corrected chi connectivity index (χ1v) is 31.7. The van der Waals surface area contributed by atoms with Crippen molar-refractivity contribution in [2.24, 2.45) is 16.2 Å². The van der Waals surface area contributed by atoms with Gasteiger partial charge in [-0.25, -0.2) is 27.7 Å². The Hall–Kier alpha value is -10.5. The first kappa shape index (κ1) is 73.3. The molecule has 6 aromatic rings. The van der Waals surface area contributed by atoms with Crippen molar-refractivity contribution >= 4 is 121 Å². The monoisotopic (exact) mass is 1380 g/mol. The van der Waals surface area contributed by atoms with Gasteiger partial charge in [0.05, 0.1) is 60.8 Å². The van der Waals surface area contributed by atoms with E-state index in [1.165, 1.54) is 51.1 Å². The Labute approximate surface area is 584 Å². The van der Waals surface area contributed by atoms with Crippen molar-refractivity contribution in [3.63, 3.8) is 0 Å². The third-order valence-electron chi connectivity index (χ3n) is 17.8. The van der Waals surface area contributed by atoms with Gasteiger partial charge in [0.25, 0.3) is 17.7 Å². The summed E-state index contributed by atoms with van der Waals surface area (Å²) in [7, 11) is 0. The van der Waals surface area contributed by atoms with Crippen molar-refractivity contribution in [2.45, 2.75) is 125 Å². The smallest absolute Gasteiger partial charge is 0.259 e. The van der Waals surface area contributed by atoms with Gasteiger partial charge >= 0.3 is 0 Å². The molecule has 3 aliphatic carbocycles. The van der Waals surface area contributed by atoms with Crippen LogP contribution in [0.15, 0.2) is 109 Å². The molecule has 0 radical (unpaired) electrons. The van der Waals surface area contributed by atoms with E-state index >= 15 is 0 Å². The Morgan fingerprint density at radius 1 is 0.469 bits per heavy atom. The molecular formula is C73H69F3N12O7S3. The second-order valence-corrected chi connectivity index (χ2v) is 27.1. The minimum atomic E-state index is -1.04. The van der Waals surface area contributed by atoms with Gasteiger partial charge in [-0.1, -0.05) is 25.6 Å². The first-order chi connectivity index (χ1) is 45.8. The lowest BCUT2D eigenvalue weighted by molar-refractivity contribution is -0.121. The van der Waals surface area contributed by atoms with Crippen molar-refractivity contribution < 1.29 is 47.2 Å². The molecule has 25 heteroatoms. The summed E-state index contributed by atoms with van der Waals surface area (Å²) < 4.78 is 54.6. The third-order valence-corrected chi connectivity index (χ3v) is 18.9. The fourth-order valence-corrected chi connectivity index (χ4v) is 12.5. The Morgan fingerprint density at radius 2 is 0.745 bits per heavy atom. The Balaban J connectivity index is 0.000000178. The van der Waals surface area contributed by atoms with Crippen LogP contribution in [0.25, 0.3) is 14.5 Å². The third kappa shape index (κ3) is 14.0.